The monoisotopic (exact) mass is 264 g/mol. The van der Waals surface area contributed by atoms with Gasteiger partial charge in [0.15, 0.2) is 0 Å². The maximum absolute atomic E-state index is 6.46. The van der Waals surface area contributed by atoms with Gasteiger partial charge in [-0.25, -0.2) is 0 Å². The molecular formula is C16H28N2O. The molecule has 0 aromatic heterocycles. The summed E-state index contributed by atoms with van der Waals surface area (Å²) >= 11 is 0. The Morgan fingerprint density at radius 2 is 1.79 bits per heavy atom. The average Bonchev–Trinajstić information content (AvgIpc) is 2.36. The van der Waals surface area contributed by atoms with E-state index in [1.54, 1.807) is 0 Å². The largest absolute Gasteiger partial charge is 0.372 e. The van der Waals surface area contributed by atoms with Crippen molar-refractivity contribution in [1.82, 2.24) is 5.32 Å². The van der Waals surface area contributed by atoms with E-state index < -0.39 is 0 Å². The van der Waals surface area contributed by atoms with Crippen LogP contribution in [0.3, 0.4) is 0 Å². The summed E-state index contributed by atoms with van der Waals surface area (Å²) in [7, 11) is 0. The van der Waals surface area contributed by atoms with Crippen LogP contribution in [0.5, 0.6) is 0 Å². The molecule has 0 aromatic carbocycles. The number of nitrogens with two attached hydrogens (primary N) is 1. The van der Waals surface area contributed by atoms with Crippen LogP contribution in [0.4, 0.5) is 0 Å². The molecule has 0 aromatic rings. The van der Waals surface area contributed by atoms with E-state index in [-0.39, 0.29) is 0 Å². The fraction of sp³-hybridized carbons (Fsp3) is 0.875. The first-order chi connectivity index (χ1) is 9.33. The number of rotatable bonds is 0. The average molecular weight is 264 g/mol. The molecule has 0 bridgehead atoms. The summed E-state index contributed by atoms with van der Waals surface area (Å²) in [5.74, 6) is 0. The highest BCUT2D eigenvalue weighted by molar-refractivity contribution is 4.98. The Bertz CT molecular complexity index is 318. The van der Waals surface area contributed by atoms with Crippen molar-refractivity contribution in [2.75, 3.05) is 0 Å². The Labute approximate surface area is 117 Å². The van der Waals surface area contributed by atoms with E-state index in [9.17, 15) is 0 Å². The molecule has 3 aliphatic rings. The molecule has 1 saturated heterocycles. The van der Waals surface area contributed by atoms with Crippen LogP contribution in [0.2, 0.25) is 0 Å². The van der Waals surface area contributed by atoms with Gasteiger partial charge < -0.3 is 15.8 Å². The van der Waals surface area contributed by atoms with Crippen molar-refractivity contribution in [2.24, 2.45) is 5.73 Å². The Kier molecular flexibility index (Phi) is 4.57. The Morgan fingerprint density at radius 3 is 2.74 bits per heavy atom. The van der Waals surface area contributed by atoms with Crippen LogP contribution >= 0.6 is 0 Å². The first-order valence-corrected chi connectivity index (χ1v) is 8.15. The lowest BCUT2D eigenvalue weighted by Gasteiger charge is -2.44. The van der Waals surface area contributed by atoms with Crippen molar-refractivity contribution in [2.45, 2.75) is 88.1 Å². The van der Waals surface area contributed by atoms with Gasteiger partial charge in [-0.05, 0) is 51.4 Å². The highest BCUT2D eigenvalue weighted by Gasteiger charge is 2.37. The fourth-order valence-electron chi connectivity index (χ4n) is 3.85. The lowest BCUT2D eigenvalue weighted by molar-refractivity contribution is -0.0988. The number of fused-ring (bicyclic) bond motifs is 2. The predicted octanol–water partition coefficient (Wildman–Crippen LogP) is 2.50. The third-order valence-electron chi connectivity index (χ3n) is 5.00. The van der Waals surface area contributed by atoms with Gasteiger partial charge in [-0.3, -0.25) is 0 Å². The summed E-state index contributed by atoms with van der Waals surface area (Å²) in [5, 5.41) is 3.89. The normalized spacial score (nSPS) is 44.2. The highest BCUT2D eigenvalue weighted by atomic mass is 16.5. The second-order valence-electron chi connectivity index (χ2n) is 6.50. The maximum Gasteiger partial charge on any atom is 0.0735 e. The zero-order valence-corrected chi connectivity index (χ0v) is 11.9. The molecule has 1 aliphatic heterocycles. The van der Waals surface area contributed by atoms with Crippen LogP contribution in [0.15, 0.2) is 12.2 Å². The van der Waals surface area contributed by atoms with Crippen LogP contribution in [0.25, 0.3) is 0 Å². The van der Waals surface area contributed by atoms with Gasteiger partial charge in [-0.1, -0.05) is 18.6 Å². The molecule has 108 valence electrons. The number of nitrogens with one attached hydrogen (secondary N) is 1. The Morgan fingerprint density at radius 1 is 0.895 bits per heavy atom. The molecule has 3 nitrogen and oxygen atoms in total. The van der Waals surface area contributed by atoms with Crippen LogP contribution < -0.4 is 11.1 Å². The lowest BCUT2D eigenvalue weighted by atomic mass is 9.87. The summed E-state index contributed by atoms with van der Waals surface area (Å²) in [5.41, 5.74) is 6.12. The van der Waals surface area contributed by atoms with E-state index in [0.717, 1.165) is 19.3 Å². The van der Waals surface area contributed by atoms with Crippen LogP contribution in [0.1, 0.15) is 57.8 Å². The molecule has 3 heteroatoms. The minimum absolute atomic E-state index is 0.391. The van der Waals surface area contributed by atoms with Crippen molar-refractivity contribution in [3.05, 3.63) is 12.2 Å². The number of morpholine rings is 1. The standard InChI is InChI=1S/C16H28N2O/c17-12-6-5-8-14-16(11-10-12)19-15-9-4-2-1-3-7-13(15)18-14/h1,3,12-16,18H,2,4-11,17H2. The van der Waals surface area contributed by atoms with Crippen molar-refractivity contribution >= 4 is 0 Å². The lowest BCUT2D eigenvalue weighted by Crippen LogP contribution is -2.59. The van der Waals surface area contributed by atoms with Gasteiger partial charge in [0, 0.05) is 18.1 Å². The molecular weight excluding hydrogens is 236 g/mol. The van der Waals surface area contributed by atoms with E-state index in [1.807, 2.05) is 0 Å². The second-order valence-corrected chi connectivity index (χ2v) is 6.50. The quantitative estimate of drug-likeness (QED) is 0.661. The van der Waals surface area contributed by atoms with Gasteiger partial charge >= 0.3 is 0 Å². The van der Waals surface area contributed by atoms with Gasteiger partial charge in [0.2, 0.25) is 0 Å². The van der Waals surface area contributed by atoms with Gasteiger partial charge in [0.25, 0.3) is 0 Å². The Balaban J connectivity index is 1.66. The van der Waals surface area contributed by atoms with E-state index in [0.29, 0.717) is 30.3 Å². The van der Waals surface area contributed by atoms with Gasteiger partial charge in [0.05, 0.1) is 12.2 Å². The molecule has 0 radical (unpaired) electrons. The van der Waals surface area contributed by atoms with E-state index in [2.05, 4.69) is 17.5 Å². The number of allylic oxidation sites excluding steroid dienone is 1. The summed E-state index contributed by atoms with van der Waals surface area (Å²) in [6.07, 6.45) is 16.2. The maximum atomic E-state index is 6.46. The molecule has 3 N–H and O–H groups in total. The summed E-state index contributed by atoms with van der Waals surface area (Å²) in [6, 6.07) is 1.48. The van der Waals surface area contributed by atoms with E-state index >= 15 is 0 Å². The molecule has 5 atom stereocenters. The molecule has 19 heavy (non-hydrogen) atoms. The third-order valence-corrected chi connectivity index (χ3v) is 5.00. The smallest absolute Gasteiger partial charge is 0.0735 e. The molecule has 1 saturated carbocycles. The predicted molar refractivity (Wildman–Crippen MR) is 78.0 cm³/mol. The summed E-state index contributed by atoms with van der Waals surface area (Å²) in [4.78, 5) is 0. The van der Waals surface area contributed by atoms with Crippen molar-refractivity contribution in [1.29, 1.82) is 0 Å². The molecule has 2 fully saturated rings. The van der Waals surface area contributed by atoms with E-state index in [1.165, 1.54) is 38.5 Å². The zero-order chi connectivity index (χ0) is 13.1. The van der Waals surface area contributed by atoms with Crippen LogP contribution in [-0.4, -0.2) is 30.3 Å². The molecule has 2 aliphatic carbocycles. The summed E-state index contributed by atoms with van der Waals surface area (Å²) in [6.45, 7) is 0. The highest BCUT2D eigenvalue weighted by Crippen LogP contribution is 2.29. The third kappa shape index (κ3) is 3.39. The first-order valence-electron chi connectivity index (χ1n) is 8.15. The molecule has 1 heterocycles. The topological polar surface area (TPSA) is 47.3 Å². The van der Waals surface area contributed by atoms with Gasteiger partial charge in [0.1, 0.15) is 0 Å². The van der Waals surface area contributed by atoms with Crippen molar-refractivity contribution in [3.8, 4) is 0 Å². The second kappa shape index (κ2) is 6.38. The number of hydrogen-bond donors (Lipinski definition) is 2. The van der Waals surface area contributed by atoms with Crippen LogP contribution in [0, 0.1) is 0 Å². The molecule has 0 spiro atoms. The number of ether oxygens (including phenoxy) is 1. The minimum atomic E-state index is 0.391. The zero-order valence-electron chi connectivity index (χ0n) is 11.9. The molecule has 3 rings (SSSR count). The molecule has 0 amide bonds. The van der Waals surface area contributed by atoms with Gasteiger partial charge in [-0.2, -0.15) is 0 Å². The SMILES string of the molecule is NC1CCCC2NC3CC=CCCCC3OC2CC1. The number of hydrogen-bond acceptors (Lipinski definition) is 3. The minimum Gasteiger partial charge on any atom is -0.372 e. The van der Waals surface area contributed by atoms with Gasteiger partial charge in [-0.15, -0.1) is 0 Å². The summed E-state index contributed by atoms with van der Waals surface area (Å²) < 4.78 is 6.46. The van der Waals surface area contributed by atoms with Crippen LogP contribution in [-0.2, 0) is 4.74 Å². The van der Waals surface area contributed by atoms with Crippen molar-refractivity contribution in [3.63, 3.8) is 0 Å². The molecule has 5 unspecified atom stereocenters. The Hall–Kier alpha value is -0.380. The van der Waals surface area contributed by atoms with E-state index in [4.69, 9.17) is 10.5 Å². The fourth-order valence-corrected chi connectivity index (χ4v) is 3.85. The van der Waals surface area contributed by atoms with Crippen molar-refractivity contribution < 1.29 is 4.74 Å². The first kappa shape index (κ1) is 13.6.